The molecule has 0 spiro atoms. The van der Waals surface area contributed by atoms with Crippen LogP contribution in [0.2, 0.25) is 0 Å². The first-order chi connectivity index (χ1) is 13.0. The van der Waals surface area contributed by atoms with Crippen molar-refractivity contribution in [2.75, 3.05) is 25.5 Å². The molecule has 6 nitrogen and oxygen atoms in total. The molecule has 0 aliphatic carbocycles. The Morgan fingerprint density at radius 3 is 2.52 bits per heavy atom. The maximum Gasteiger partial charge on any atom is 0.256 e. The fourth-order valence-electron chi connectivity index (χ4n) is 2.66. The molecule has 0 atom stereocenters. The molecule has 1 amide bonds. The Labute approximate surface area is 159 Å². The Morgan fingerprint density at radius 2 is 1.85 bits per heavy atom. The average molecular weight is 361 g/mol. The molecule has 1 N–H and O–H groups in total. The van der Waals surface area contributed by atoms with Crippen molar-refractivity contribution in [3.05, 3.63) is 71.7 Å². The maximum absolute atomic E-state index is 12.6. The van der Waals surface area contributed by atoms with Crippen LogP contribution in [-0.2, 0) is 6.42 Å². The van der Waals surface area contributed by atoms with E-state index in [1.54, 1.807) is 12.4 Å². The molecule has 2 aromatic heterocycles. The number of aryl methyl sites for hydroxylation is 1. The van der Waals surface area contributed by atoms with Gasteiger partial charge in [-0.1, -0.05) is 35.9 Å². The highest BCUT2D eigenvalue weighted by Crippen LogP contribution is 2.21. The van der Waals surface area contributed by atoms with Gasteiger partial charge in [-0.25, -0.2) is 9.97 Å². The van der Waals surface area contributed by atoms with Gasteiger partial charge in [0.15, 0.2) is 5.82 Å². The minimum absolute atomic E-state index is 0.190. The van der Waals surface area contributed by atoms with E-state index >= 15 is 0 Å². The first-order valence-corrected chi connectivity index (χ1v) is 8.84. The van der Waals surface area contributed by atoms with Crippen molar-refractivity contribution in [3.8, 4) is 11.4 Å². The summed E-state index contributed by atoms with van der Waals surface area (Å²) in [7, 11) is 3.73. The van der Waals surface area contributed by atoms with Crippen LogP contribution in [0.3, 0.4) is 0 Å². The van der Waals surface area contributed by atoms with E-state index in [1.165, 1.54) is 5.56 Å². The summed E-state index contributed by atoms with van der Waals surface area (Å²) in [6, 6.07) is 13.8. The van der Waals surface area contributed by atoms with Crippen LogP contribution in [0.15, 0.2) is 54.9 Å². The standard InChI is InChI=1S/C21H23N5O/c1-15-7-9-16(10-8-15)19-24-14-18(20(25-19)26(2)3)21(27)23-13-11-17-6-4-5-12-22-17/h4-10,12,14H,11,13H2,1-3H3,(H,23,27). The predicted molar refractivity (Wildman–Crippen MR) is 107 cm³/mol. The van der Waals surface area contributed by atoms with Gasteiger partial charge in [-0.3, -0.25) is 9.78 Å². The first-order valence-electron chi connectivity index (χ1n) is 8.84. The molecule has 1 aromatic carbocycles. The molecule has 0 saturated carbocycles. The number of aromatic nitrogens is 3. The smallest absolute Gasteiger partial charge is 0.256 e. The zero-order valence-electron chi connectivity index (χ0n) is 15.8. The Hall–Kier alpha value is -3.28. The summed E-state index contributed by atoms with van der Waals surface area (Å²) < 4.78 is 0. The summed E-state index contributed by atoms with van der Waals surface area (Å²) in [5, 5.41) is 2.92. The van der Waals surface area contributed by atoms with E-state index in [2.05, 4.69) is 20.3 Å². The van der Waals surface area contributed by atoms with E-state index in [0.29, 0.717) is 30.2 Å². The van der Waals surface area contributed by atoms with Crippen LogP contribution in [0.1, 0.15) is 21.6 Å². The van der Waals surface area contributed by atoms with Gasteiger partial charge in [0.25, 0.3) is 5.91 Å². The average Bonchev–Trinajstić information content (AvgIpc) is 2.69. The molecule has 0 fully saturated rings. The van der Waals surface area contributed by atoms with Crippen LogP contribution in [0.5, 0.6) is 0 Å². The SMILES string of the molecule is Cc1ccc(-c2ncc(C(=O)NCCc3ccccn3)c(N(C)C)n2)cc1. The van der Waals surface area contributed by atoms with E-state index in [4.69, 9.17) is 0 Å². The van der Waals surface area contributed by atoms with Crippen LogP contribution in [0.25, 0.3) is 11.4 Å². The van der Waals surface area contributed by atoms with Crippen molar-refractivity contribution in [3.63, 3.8) is 0 Å². The highest BCUT2D eigenvalue weighted by molar-refractivity contribution is 5.98. The molecular formula is C21H23N5O. The Morgan fingerprint density at radius 1 is 1.07 bits per heavy atom. The molecule has 27 heavy (non-hydrogen) atoms. The molecule has 3 aromatic rings. The van der Waals surface area contributed by atoms with Crippen molar-refractivity contribution in [1.82, 2.24) is 20.3 Å². The number of carbonyl (C=O) groups excluding carboxylic acids is 1. The largest absolute Gasteiger partial charge is 0.362 e. The first kappa shape index (κ1) is 18.5. The van der Waals surface area contributed by atoms with E-state index < -0.39 is 0 Å². The number of benzene rings is 1. The van der Waals surface area contributed by atoms with Gasteiger partial charge in [0.2, 0.25) is 0 Å². The second kappa shape index (κ2) is 8.40. The van der Waals surface area contributed by atoms with Gasteiger partial charge < -0.3 is 10.2 Å². The Balaban J connectivity index is 1.75. The predicted octanol–water partition coefficient (Wildman–Crippen LogP) is 2.89. The minimum Gasteiger partial charge on any atom is -0.362 e. The van der Waals surface area contributed by atoms with Gasteiger partial charge in [-0.2, -0.15) is 0 Å². The number of nitrogens with zero attached hydrogens (tertiary/aromatic N) is 4. The lowest BCUT2D eigenvalue weighted by molar-refractivity contribution is 0.0954. The fraction of sp³-hybridized carbons (Fsp3) is 0.238. The number of pyridine rings is 1. The van der Waals surface area contributed by atoms with E-state index in [9.17, 15) is 4.79 Å². The number of carbonyl (C=O) groups is 1. The number of anilines is 1. The van der Waals surface area contributed by atoms with Gasteiger partial charge in [0.1, 0.15) is 11.4 Å². The van der Waals surface area contributed by atoms with Gasteiger partial charge in [-0.05, 0) is 19.1 Å². The van der Waals surface area contributed by atoms with Crippen LogP contribution < -0.4 is 10.2 Å². The number of hydrogen-bond donors (Lipinski definition) is 1. The van der Waals surface area contributed by atoms with Crippen molar-refractivity contribution in [2.45, 2.75) is 13.3 Å². The zero-order valence-corrected chi connectivity index (χ0v) is 15.8. The van der Waals surface area contributed by atoms with E-state index in [0.717, 1.165) is 11.3 Å². The molecule has 3 rings (SSSR count). The topological polar surface area (TPSA) is 71.0 Å². The van der Waals surface area contributed by atoms with Crippen molar-refractivity contribution in [2.24, 2.45) is 0 Å². The molecule has 2 heterocycles. The van der Waals surface area contributed by atoms with Crippen LogP contribution in [0.4, 0.5) is 5.82 Å². The number of hydrogen-bond acceptors (Lipinski definition) is 5. The summed E-state index contributed by atoms with van der Waals surface area (Å²) in [6.45, 7) is 2.54. The monoisotopic (exact) mass is 361 g/mol. The molecule has 0 aliphatic heterocycles. The van der Waals surface area contributed by atoms with Crippen LogP contribution >= 0.6 is 0 Å². The molecule has 138 valence electrons. The summed E-state index contributed by atoms with van der Waals surface area (Å²) in [5.74, 6) is 1.00. The highest BCUT2D eigenvalue weighted by Gasteiger charge is 2.16. The summed E-state index contributed by atoms with van der Waals surface area (Å²) in [4.78, 5) is 27.7. The minimum atomic E-state index is -0.190. The third-order valence-corrected chi connectivity index (χ3v) is 4.14. The Kier molecular flexibility index (Phi) is 5.76. The Bertz CT molecular complexity index is 908. The van der Waals surface area contributed by atoms with Gasteiger partial charge in [0, 0.05) is 50.7 Å². The van der Waals surface area contributed by atoms with Gasteiger partial charge in [-0.15, -0.1) is 0 Å². The van der Waals surface area contributed by atoms with Gasteiger partial charge >= 0.3 is 0 Å². The highest BCUT2D eigenvalue weighted by atomic mass is 16.1. The van der Waals surface area contributed by atoms with E-state index in [1.807, 2.05) is 68.4 Å². The molecule has 6 heteroatoms. The molecule has 0 unspecified atom stereocenters. The second-order valence-electron chi connectivity index (χ2n) is 6.52. The van der Waals surface area contributed by atoms with E-state index in [-0.39, 0.29) is 5.91 Å². The lowest BCUT2D eigenvalue weighted by Gasteiger charge is -2.16. The zero-order chi connectivity index (χ0) is 19.2. The number of nitrogens with one attached hydrogen (secondary N) is 1. The third kappa shape index (κ3) is 4.67. The maximum atomic E-state index is 12.6. The lowest BCUT2D eigenvalue weighted by Crippen LogP contribution is -2.28. The lowest BCUT2D eigenvalue weighted by atomic mass is 10.1. The quantitative estimate of drug-likeness (QED) is 0.731. The van der Waals surface area contributed by atoms with Crippen molar-refractivity contribution in [1.29, 1.82) is 0 Å². The van der Waals surface area contributed by atoms with Gasteiger partial charge in [0.05, 0.1) is 0 Å². The normalized spacial score (nSPS) is 10.5. The second-order valence-corrected chi connectivity index (χ2v) is 6.52. The van der Waals surface area contributed by atoms with Crippen LogP contribution in [0, 0.1) is 6.92 Å². The molecule has 0 saturated heterocycles. The number of rotatable bonds is 6. The third-order valence-electron chi connectivity index (χ3n) is 4.14. The van der Waals surface area contributed by atoms with Crippen molar-refractivity contribution >= 4 is 11.7 Å². The molecule has 0 aliphatic rings. The molecule has 0 bridgehead atoms. The van der Waals surface area contributed by atoms with Crippen LogP contribution in [-0.4, -0.2) is 41.5 Å². The summed E-state index contributed by atoms with van der Waals surface area (Å²) in [5.41, 5.74) is 3.50. The molecule has 0 radical (unpaired) electrons. The number of amides is 1. The van der Waals surface area contributed by atoms with Crippen molar-refractivity contribution < 1.29 is 4.79 Å². The fourth-order valence-corrected chi connectivity index (χ4v) is 2.66. The summed E-state index contributed by atoms with van der Waals surface area (Å²) in [6.07, 6.45) is 4.01. The summed E-state index contributed by atoms with van der Waals surface area (Å²) >= 11 is 0. The molecular weight excluding hydrogens is 338 g/mol.